The van der Waals surface area contributed by atoms with Crippen LogP contribution in [0.5, 0.6) is 5.75 Å². The van der Waals surface area contributed by atoms with Crippen LogP contribution >= 0.6 is 0 Å². The van der Waals surface area contributed by atoms with Crippen LogP contribution in [0.15, 0.2) is 48.2 Å². The Bertz CT molecular complexity index is 908. The van der Waals surface area contributed by atoms with Gasteiger partial charge in [0.1, 0.15) is 17.4 Å². The Hall–Kier alpha value is -3.26. The number of amides is 1. The lowest BCUT2D eigenvalue weighted by Crippen LogP contribution is -2.17. The van der Waals surface area contributed by atoms with Gasteiger partial charge in [0.15, 0.2) is 0 Å². The standard InChI is InChI=1S/C22H25N3O2/c1-14(2)18-8-6-7-16(4)21(18)25-22(26)17(12-23)13-24-19-11-15(3)9-10-20(19)27-5/h6-11,13-14,24H,1-5H3,(H,25,26)/b17-13-. The van der Waals surface area contributed by atoms with Crippen LogP contribution in [0.3, 0.4) is 0 Å². The first-order valence-corrected chi connectivity index (χ1v) is 8.79. The Morgan fingerprint density at radius 1 is 1.22 bits per heavy atom. The fourth-order valence-corrected chi connectivity index (χ4v) is 2.76. The molecule has 2 aromatic rings. The number of hydrogen-bond acceptors (Lipinski definition) is 4. The predicted molar refractivity (Wildman–Crippen MR) is 109 cm³/mol. The minimum Gasteiger partial charge on any atom is -0.495 e. The van der Waals surface area contributed by atoms with Gasteiger partial charge in [-0.15, -0.1) is 0 Å². The summed E-state index contributed by atoms with van der Waals surface area (Å²) in [5.74, 6) is 0.438. The number of carbonyl (C=O) groups excluding carboxylic acids is 1. The fraction of sp³-hybridized carbons (Fsp3) is 0.273. The lowest BCUT2D eigenvalue weighted by atomic mass is 9.98. The van der Waals surface area contributed by atoms with Gasteiger partial charge in [0.25, 0.3) is 5.91 Å². The molecule has 0 aromatic heterocycles. The third kappa shape index (κ3) is 4.89. The third-order valence-corrected chi connectivity index (χ3v) is 4.26. The number of nitrogens with zero attached hydrogens (tertiary/aromatic N) is 1. The molecule has 140 valence electrons. The second kappa shape index (κ2) is 8.91. The van der Waals surface area contributed by atoms with Crippen molar-refractivity contribution in [2.24, 2.45) is 0 Å². The van der Waals surface area contributed by atoms with E-state index in [4.69, 9.17) is 4.74 Å². The van der Waals surface area contributed by atoms with Gasteiger partial charge in [-0.25, -0.2) is 0 Å². The Labute approximate surface area is 160 Å². The van der Waals surface area contributed by atoms with Gasteiger partial charge in [0, 0.05) is 11.9 Å². The molecule has 0 aliphatic heterocycles. The summed E-state index contributed by atoms with van der Waals surface area (Å²) >= 11 is 0. The largest absolute Gasteiger partial charge is 0.495 e. The van der Waals surface area contributed by atoms with Crippen molar-refractivity contribution < 1.29 is 9.53 Å². The van der Waals surface area contributed by atoms with Gasteiger partial charge in [-0.2, -0.15) is 5.26 Å². The third-order valence-electron chi connectivity index (χ3n) is 4.26. The van der Waals surface area contributed by atoms with Gasteiger partial charge < -0.3 is 15.4 Å². The first-order chi connectivity index (χ1) is 12.9. The molecule has 2 aromatic carbocycles. The number of ether oxygens (including phenoxy) is 1. The summed E-state index contributed by atoms with van der Waals surface area (Å²) in [5, 5.41) is 15.3. The Morgan fingerprint density at radius 2 is 1.96 bits per heavy atom. The first-order valence-electron chi connectivity index (χ1n) is 8.79. The molecule has 5 nitrogen and oxygen atoms in total. The summed E-state index contributed by atoms with van der Waals surface area (Å²) in [7, 11) is 1.57. The molecule has 0 saturated heterocycles. The van der Waals surface area contributed by atoms with E-state index in [9.17, 15) is 10.1 Å². The number of nitriles is 1. The maximum absolute atomic E-state index is 12.6. The molecule has 0 unspecified atom stereocenters. The van der Waals surface area contributed by atoms with E-state index in [-0.39, 0.29) is 11.5 Å². The number of anilines is 2. The number of methoxy groups -OCH3 is 1. The summed E-state index contributed by atoms with van der Waals surface area (Å²) in [6, 6.07) is 13.5. The van der Waals surface area contributed by atoms with Crippen molar-refractivity contribution in [2.75, 3.05) is 17.7 Å². The highest BCUT2D eigenvalue weighted by Crippen LogP contribution is 2.28. The zero-order valence-electron chi connectivity index (χ0n) is 16.4. The van der Waals surface area contributed by atoms with E-state index in [2.05, 4.69) is 24.5 Å². The quantitative estimate of drug-likeness (QED) is 0.566. The lowest BCUT2D eigenvalue weighted by molar-refractivity contribution is -0.112. The van der Waals surface area contributed by atoms with Crippen molar-refractivity contribution in [3.05, 3.63) is 64.9 Å². The van der Waals surface area contributed by atoms with Crippen LogP contribution in [0, 0.1) is 25.2 Å². The molecule has 0 saturated carbocycles. The van der Waals surface area contributed by atoms with Crippen molar-refractivity contribution in [3.8, 4) is 11.8 Å². The highest BCUT2D eigenvalue weighted by atomic mass is 16.5. The Balaban J connectivity index is 2.26. The van der Waals surface area contributed by atoms with Crippen LogP contribution < -0.4 is 15.4 Å². The van der Waals surface area contributed by atoms with E-state index in [1.165, 1.54) is 6.20 Å². The van der Waals surface area contributed by atoms with Crippen LogP contribution in [-0.4, -0.2) is 13.0 Å². The van der Waals surface area contributed by atoms with Crippen molar-refractivity contribution in [1.29, 1.82) is 5.26 Å². The molecule has 1 amide bonds. The monoisotopic (exact) mass is 363 g/mol. The van der Waals surface area contributed by atoms with Crippen molar-refractivity contribution >= 4 is 17.3 Å². The van der Waals surface area contributed by atoms with E-state index in [0.717, 1.165) is 22.4 Å². The van der Waals surface area contributed by atoms with Crippen molar-refractivity contribution in [1.82, 2.24) is 0 Å². The Morgan fingerprint density at radius 3 is 2.59 bits per heavy atom. The van der Waals surface area contributed by atoms with Crippen molar-refractivity contribution in [2.45, 2.75) is 33.6 Å². The predicted octanol–water partition coefficient (Wildman–Crippen LogP) is 4.89. The average Bonchev–Trinajstić information content (AvgIpc) is 2.63. The molecule has 0 spiro atoms. The molecule has 0 aliphatic rings. The SMILES string of the molecule is COc1ccc(C)cc1N/C=C(/C#N)C(=O)Nc1c(C)cccc1C(C)C. The summed E-state index contributed by atoms with van der Waals surface area (Å²) in [4.78, 5) is 12.6. The summed E-state index contributed by atoms with van der Waals surface area (Å²) in [5.41, 5.74) is 4.46. The van der Waals surface area contributed by atoms with Gasteiger partial charge in [0.2, 0.25) is 0 Å². The van der Waals surface area contributed by atoms with E-state index in [1.807, 2.05) is 56.3 Å². The van der Waals surface area contributed by atoms with Gasteiger partial charge in [0.05, 0.1) is 12.8 Å². The summed E-state index contributed by atoms with van der Waals surface area (Å²) < 4.78 is 5.30. The number of rotatable bonds is 6. The van der Waals surface area contributed by atoms with E-state index < -0.39 is 5.91 Å². The maximum Gasteiger partial charge on any atom is 0.267 e. The zero-order valence-corrected chi connectivity index (χ0v) is 16.4. The maximum atomic E-state index is 12.6. The highest BCUT2D eigenvalue weighted by Gasteiger charge is 2.15. The molecule has 0 fully saturated rings. The molecule has 27 heavy (non-hydrogen) atoms. The minimum absolute atomic E-state index is 0.0171. The topological polar surface area (TPSA) is 74.1 Å². The average molecular weight is 363 g/mol. The fourth-order valence-electron chi connectivity index (χ4n) is 2.76. The van der Waals surface area contributed by atoms with Gasteiger partial charge >= 0.3 is 0 Å². The molecule has 2 N–H and O–H groups in total. The molecule has 0 radical (unpaired) electrons. The number of nitrogens with one attached hydrogen (secondary N) is 2. The summed E-state index contributed by atoms with van der Waals surface area (Å²) in [6.45, 7) is 8.03. The molecular weight excluding hydrogens is 338 g/mol. The summed E-state index contributed by atoms with van der Waals surface area (Å²) in [6.07, 6.45) is 1.40. The van der Waals surface area contributed by atoms with Gasteiger partial charge in [-0.1, -0.05) is 38.1 Å². The molecule has 2 rings (SSSR count). The number of aryl methyl sites for hydroxylation is 2. The van der Waals surface area contributed by atoms with Crippen LogP contribution in [0.25, 0.3) is 0 Å². The first kappa shape index (κ1) is 20.1. The molecule has 0 heterocycles. The zero-order chi connectivity index (χ0) is 20.0. The van der Waals surface area contributed by atoms with E-state index in [1.54, 1.807) is 7.11 Å². The van der Waals surface area contributed by atoms with Crippen LogP contribution in [0.2, 0.25) is 0 Å². The smallest absolute Gasteiger partial charge is 0.267 e. The van der Waals surface area contributed by atoms with Crippen molar-refractivity contribution in [3.63, 3.8) is 0 Å². The normalized spacial score (nSPS) is 11.1. The molecular formula is C22H25N3O2. The lowest BCUT2D eigenvalue weighted by Gasteiger charge is -2.16. The Kier molecular flexibility index (Phi) is 6.62. The second-order valence-corrected chi connectivity index (χ2v) is 6.67. The number of carbonyl (C=O) groups is 1. The molecule has 0 bridgehead atoms. The van der Waals surface area contributed by atoms with Crippen LogP contribution in [-0.2, 0) is 4.79 Å². The molecule has 5 heteroatoms. The van der Waals surface area contributed by atoms with E-state index >= 15 is 0 Å². The van der Waals surface area contributed by atoms with E-state index in [0.29, 0.717) is 11.4 Å². The van der Waals surface area contributed by atoms with Gasteiger partial charge in [-0.05, 0) is 48.6 Å². The number of para-hydroxylation sites is 1. The second-order valence-electron chi connectivity index (χ2n) is 6.67. The number of hydrogen-bond donors (Lipinski definition) is 2. The molecule has 0 aliphatic carbocycles. The number of benzene rings is 2. The minimum atomic E-state index is -0.451. The van der Waals surface area contributed by atoms with Gasteiger partial charge in [-0.3, -0.25) is 4.79 Å². The highest BCUT2D eigenvalue weighted by molar-refractivity contribution is 6.07. The van der Waals surface area contributed by atoms with Crippen LogP contribution in [0.1, 0.15) is 36.5 Å². The van der Waals surface area contributed by atoms with Crippen LogP contribution in [0.4, 0.5) is 11.4 Å². The molecule has 0 atom stereocenters.